The molecule has 0 aromatic carbocycles. The summed E-state index contributed by atoms with van der Waals surface area (Å²) >= 11 is 0. The Labute approximate surface area is 78.0 Å². The Morgan fingerprint density at radius 2 is 2.31 bits per heavy atom. The summed E-state index contributed by atoms with van der Waals surface area (Å²) in [6.07, 6.45) is 2.04. The molecule has 0 bridgehead atoms. The SMILES string of the molecule is COC(=O)C1CCC2(CNC2)NC1. The van der Waals surface area contributed by atoms with Gasteiger partial charge in [-0.25, -0.2) is 0 Å². The standard InChI is InChI=1S/C9H16N2O2/c1-13-8(12)7-2-3-9(11-4-7)5-10-6-9/h7,10-11H,2-6H2,1H3. The van der Waals surface area contributed by atoms with Crippen LogP contribution in [0, 0.1) is 5.92 Å². The number of rotatable bonds is 1. The van der Waals surface area contributed by atoms with Gasteiger partial charge in [-0.15, -0.1) is 0 Å². The zero-order valence-electron chi connectivity index (χ0n) is 7.93. The van der Waals surface area contributed by atoms with Crippen molar-refractivity contribution in [3.8, 4) is 0 Å². The molecule has 74 valence electrons. The van der Waals surface area contributed by atoms with E-state index in [-0.39, 0.29) is 11.9 Å². The van der Waals surface area contributed by atoms with Crippen molar-refractivity contribution in [2.75, 3.05) is 26.7 Å². The monoisotopic (exact) mass is 184 g/mol. The third-order valence-electron chi connectivity index (χ3n) is 3.16. The van der Waals surface area contributed by atoms with Crippen LogP contribution < -0.4 is 10.6 Å². The second-order valence-electron chi connectivity index (χ2n) is 4.02. The summed E-state index contributed by atoms with van der Waals surface area (Å²) in [5, 5.41) is 6.68. The van der Waals surface area contributed by atoms with E-state index >= 15 is 0 Å². The number of hydrogen-bond acceptors (Lipinski definition) is 4. The van der Waals surface area contributed by atoms with E-state index in [1.165, 1.54) is 7.11 Å². The fourth-order valence-electron chi connectivity index (χ4n) is 2.08. The average Bonchev–Trinajstić information content (AvgIpc) is 2.14. The highest BCUT2D eigenvalue weighted by atomic mass is 16.5. The van der Waals surface area contributed by atoms with E-state index in [2.05, 4.69) is 10.6 Å². The van der Waals surface area contributed by atoms with Crippen molar-refractivity contribution >= 4 is 5.97 Å². The van der Waals surface area contributed by atoms with Gasteiger partial charge in [0.2, 0.25) is 0 Å². The fourth-order valence-corrected chi connectivity index (χ4v) is 2.08. The van der Waals surface area contributed by atoms with Crippen LogP contribution in [0.3, 0.4) is 0 Å². The number of methoxy groups -OCH3 is 1. The first kappa shape index (κ1) is 8.97. The van der Waals surface area contributed by atoms with Gasteiger partial charge in [-0.3, -0.25) is 4.79 Å². The van der Waals surface area contributed by atoms with E-state index in [9.17, 15) is 4.79 Å². The van der Waals surface area contributed by atoms with Gasteiger partial charge in [-0.2, -0.15) is 0 Å². The number of carbonyl (C=O) groups excluding carboxylic acids is 1. The Hall–Kier alpha value is -0.610. The van der Waals surface area contributed by atoms with E-state index in [4.69, 9.17) is 4.74 Å². The summed E-state index contributed by atoms with van der Waals surface area (Å²) in [6.45, 7) is 2.86. The van der Waals surface area contributed by atoms with Gasteiger partial charge in [0.25, 0.3) is 0 Å². The third kappa shape index (κ3) is 1.56. The van der Waals surface area contributed by atoms with Gasteiger partial charge in [-0.1, -0.05) is 0 Å². The minimum Gasteiger partial charge on any atom is -0.469 e. The van der Waals surface area contributed by atoms with Gasteiger partial charge in [-0.05, 0) is 12.8 Å². The second-order valence-corrected chi connectivity index (χ2v) is 4.02. The summed E-state index contributed by atoms with van der Waals surface area (Å²) in [6, 6.07) is 0. The van der Waals surface area contributed by atoms with Gasteiger partial charge < -0.3 is 15.4 Å². The molecular weight excluding hydrogens is 168 g/mol. The van der Waals surface area contributed by atoms with Crippen LogP contribution >= 0.6 is 0 Å². The molecule has 4 heteroatoms. The van der Waals surface area contributed by atoms with Crippen molar-refractivity contribution in [1.29, 1.82) is 0 Å². The van der Waals surface area contributed by atoms with Gasteiger partial charge in [0, 0.05) is 25.2 Å². The average molecular weight is 184 g/mol. The molecule has 2 aliphatic rings. The molecule has 1 atom stereocenters. The Morgan fingerprint density at radius 1 is 1.54 bits per heavy atom. The molecule has 1 unspecified atom stereocenters. The van der Waals surface area contributed by atoms with Crippen molar-refractivity contribution in [3.63, 3.8) is 0 Å². The molecular formula is C9H16N2O2. The Bertz CT molecular complexity index is 204. The smallest absolute Gasteiger partial charge is 0.309 e. The van der Waals surface area contributed by atoms with Gasteiger partial charge in [0.05, 0.1) is 13.0 Å². The van der Waals surface area contributed by atoms with Crippen LogP contribution in [0.1, 0.15) is 12.8 Å². The molecule has 2 N–H and O–H groups in total. The van der Waals surface area contributed by atoms with Crippen molar-refractivity contribution in [1.82, 2.24) is 10.6 Å². The van der Waals surface area contributed by atoms with Crippen LogP contribution in [0.4, 0.5) is 0 Å². The molecule has 2 aliphatic heterocycles. The zero-order valence-corrected chi connectivity index (χ0v) is 7.93. The first-order valence-electron chi connectivity index (χ1n) is 4.79. The van der Waals surface area contributed by atoms with Crippen LogP contribution in [0.5, 0.6) is 0 Å². The predicted octanol–water partition coefficient (Wildman–Crippen LogP) is -0.499. The highest BCUT2D eigenvalue weighted by molar-refractivity contribution is 5.72. The lowest BCUT2D eigenvalue weighted by Gasteiger charge is -2.47. The van der Waals surface area contributed by atoms with Gasteiger partial charge >= 0.3 is 5.97 Å². The van der Waals surface area contributed by atoms with Crippen molar-refractivity contribution in [2.24, 2.45) is 5.92 Å². The molecule has 13 heavy (non-hydrogen) atoms. The molecule has 0 radical (unpaired) electrons. The lowest BCUT2D eigenvalue weighted by molar-refractivity contribution is -0.146. The van der Waals surface area contributed by atoms with E-state index in [0.29, 0.717) is 5.54 Å². The molecule has 0 aromatic rings. The zero-order chi connectivity index (χ0) is 9.31. The molecule has 0 aliphatic carbocycles. The van der Waals surface area contributed by atoms with Crippen molar-refractivity contribution in [2.45, 2.75) is 18.4 Å². The molecule has 2 rings (SSSR count). The highest BCUT2D eigenvalue weighted by Gasteiger charge is 2.41. The second kappa shape index (κ2) is 3.27. The van der Waals surface area contributed by atoms with E-state index in [1.54, 1.807) is 0 Å². The first-order valence-corrected chi connectivity index (χ1v) is 4.79. The largest absolute Gasteiger partial charge is 0.469 e. The highest BCUT2D eigenvalue weighted by Crippen LogP contribution is 2.26. The van der Waals surface area contributed by atoms with Crippen molar-refractivity contribution in [3.05, 3.63) is 0 Å². The van der Waals surface area contributed by atoms with Crippen LogP contribution in [0.15, 0.2) is 0 Å². The molecule has 2 fully saturated rings. The Kier molecular flexibility index (Phi) is 2.26. The van der Waals surface area contributed by atoms with Gasteiger partial charge in [0.15, 0.2) is 0 Å². The number of carbonyl (C=O) groups is 1. The fraction of sp³-hybridized carbons (Fsp3) is 0.889. The number of nitrogens with one attached hydrogen (secondary N) is 2. The molecule has 0 saturated carbocycles. The summed E-state index contributed by atoms with van der Waals surface area (Å²) in [5.41, 5.74) is 0.296. The van der Waals surface area contributed by atoms with E-state index in [1.807, 2.05) is 0 Å². The normalized spacial score (nSPS) is 31.0. The van der Waals surface area contributed by atoms with Crippen LogP contribution in [0.2, 0.25) is 0 Å². The molecule has 1 spiro atoms. The summed E-state index contributed by atoms with van der Waals surface area (Å²) in [4.78, 5) is 11.2. The predicted molar refractivity (Wildman–Crippen MR) is 48.3 cm³/mol. The van der Waals surface area contributed by atoms with Crippen molar-refractivity contribution < 1.29 is 9.53 Å². The first-order chi connectivity index (χ1) is 6.26. The number of hydrogen-bond donors (Lipinski definition) is 2. The van der Waals surface area contributed by atoms with Gasteiger partial charge in [0.1, 0.15) is 0 Å². The number of ether oxygens (including phenoxy) is 1. The maximum Gasteiger partial charge on any atom is 0.309 e. The van der Waals surface area contributed by atoms with Crippen LogP contribution in [-0.4, -0.2) is 38.3 Å². The molecule has 0 aromatic heterocycles. The molecule has 2 heterocycles. The number of esters is 1. The van der Waals surface area contributed by atoms with E-state index < -0.39 is 0 Å². The maximum absolute atomic E-state index is 11.2. The topological polar surface area (TPSA) is 50.4 Å². The lowest BCUT2D eigenvalue weighted by Crippen LogP contribution is -2.70. The summed E-state index contributed by atoms with van der Waals surface area (Å²) in [5.74, 6) is -0.00847. The molecule has 4 nitrogen and oxygen atoms in total. The minimum atomic E-state index is -0.0744. The molecule has 2 saturated heterocycles. The van der Waals surface area contributed by atoms with Crippen LogP contribution in [-0.2, 0) is 9.53 Å². The maximum atomic E-state index is 11.2. The third-order valence-corrected chi connectivity index (χ3v) is 3.16. The Morgan fingerprint density at radius 3 is 2.69 bits per heavy atom. The molecule has 0 amide bonds. The number of piperidine rings is 1. The lowest BCUT2D eigenvalue weighted by atomic mass is 9.80. The Balaban J connectivity index is 1.85. The van der Waals surface area contributed by atoms with Crippen LogP contribution in [0.25, 0.3) is 0 Å². The van der Waals surface area contributed by atoms with E-state index in [0.717, 1.165) is 32.5 Å². The summed E-state index contributed by atoms with van der Waals surface area (Å²) in [7, 11) is 1.46. The quantitative estimate of drug-likeness (QED) is 0.539. The minimum absolute atomic E-state index is 0.0659. The summed E-state index contributed by atoms with van der Waals surface area (Å²) < 4.78 is 4.71.